The lowest BCUT2D eigenvalue weighted by Gasteiger charge is -2.18. The van der Waals surface area contributed by atoms with E-state index in [1.165, 1.54) is 0 Å². The van der Waals surface area contributed by atoms with Crippen LogP contribution in [0.25, 0.3) is 10.9 Å². The maximum absolute atomic E-state index is 12.1. The standard InChI is InChI=1S/C15H19NO2/c1-4-18-15(17)14(10(2)3)12-9-16-13-8-6-5-7-11(12)13/h5-10,14,16H,4H2,1-3H3. The molecule has 0 spiro atoms. The molecule has 1 heterocycles. The molecule has 2 aromatic rings. The highest BCUT2D eigenvalue weighted by Crippen LogP contribution is 2.31. The number of fused-ring (bicyclic) bond motifs is 1. The highest BCUT2D eigenvalue weighted by molar-refractivity contribution is 5.90. The van der Waals surface area contributed by atoms with Crippen LogP contribution in [0.2, 0.25) is 0 Å². The van der Waals surface area contributed by atoms with Crippen molar-refractivity contribution in [2.75, 3.05) is 6.61 Å². The predicted octanol–water partition coefficient (Wildman–Crippen LogP) is 3.47. The van der Waals surface area contributed by atoms with Crippen LogP contribution >= 0.6 is 0 Å². The fourth-order valence-electron chi connectivity index (χ4n) is 2.34. The summed E-state index contributed by atoms with van der Waals surface area (Å²) in [5.74, 6) is -0.137. The fraction of sp³-hybridized carbons (Fsp3) is 0.400. The minimum Gasteiger partial charge on any atom is -0.466 e. The number of hydrogen-bond acceptors (Lipinski definition) is 2. The van der Waals surface area contributed by atoms with Gasteiger partial charge in [0.15, 0.2) is 0 Å². The molecule has 3 nitrogen and oxygen atoms in total. The van der Waals surface area contributed by atoms with E-state index in [4.69, 9.17) is 4.74 Å². The number of rotatable bonds is 4. The van der Waals surface area contributed by atoms with Crippen LogP contribution in [0.4, 0.5) is 0 Å². The Balaban J connectivity index is 2.45. The van der Waals surface area contributed by atoms with Crippen LogP contribution in [-0.4, -0.2) is 17.6 Å². The molecule has 0 saturated heterocycles. The van der Waals surface area contributed by atoms with Crippen molar-refractivity contribution < 1.29 is 9.53 Å². The minimum atomic E-state index is -0.207. The highest BCUT2D eigenvalue weighted by atomic mass is 16.5. The predicted molar refractivity (Wildman–Crippen MR) is 72.5 cm³/mol. The number of aromatic amines is 1. The normalized spacial score (nSPS) is 12.9. The largest absolute Gasteiger partial charge is 0.466 e. The summed E-state index contributed by atoms with van der Waals surface area (Å²) in [5.41, 5.74) is 2.08. The number of hydrogen-bond donors (Lipinski definition) is 1. The Morgan fingerprint density at radius 1 is 1.33 bits per heavy atom. The van der Waals surface area contributed by atoms with Crippen molar-refractivity contribution in [2.24, 2.45) is 5.92 Å². The molecule has 0 saturated carbocycles. The molecule has 0 fully saturated rings. The molecule has 96 valence electrons. The zero-order chi connectivity index (χ0) is 13.1. The van der Waals surface area contributed by atoms with Gasteiger partial charge in [-0.1, -0.05) is 32.0 Å². The van der Waals surface area contributed by atoms with Crippen LogP contribution in [0.5, 0.6) is 0 Å². The van der Waals surface area contributed by atoms with Gasteiger partial charge in [0.2, 0.25) is 0 Å². The van der Waals surface area contributed by atoms with Crippen molar-refractivity contribution in [2.45, 2.75) is 26.7 Å². The molecule has 1 aromatic carbocycles. The zero-order valence-electron chi connectivity index (χ0n) is 11.1. The molecule has 1 atom stereocenters. The van der Waals surface area contributed by atoms with Gasteiger partial charge < -0.3 is 9.72 Å². The van der Waals surface area contributed by atoms with Gasteiger partial charge in [-0.2, -0.15) is 0 Å². The second kappa shape index (κ2) is 5.25. The molecule has 0 radical (unpaired) electrons. The molecule has 3 heteroatoms. The quantitative estimate of drug-likeness (QED) is 0.838. The average molecular weight is 245 g/mol. The summed E-state index contributed by atoms with van der Waals surface area (Å²) in [4.78, 5) is 15.3. The van der Waals surface area contributed by atoms with Crippen molar-refractivity contribution in [3.8, 4) is 0 Å². The van der Waals surface area contributed by atoms with Crippen LogP contribution in [0, 0.1) is 5.92 Å². The van der Waals surface area contributed by atoms with Gasteiger partial charge in [0.25, 0.3) is 0 Å². The van der Waals surface area contributed by atoms with Crippen LogP contribution in [-0.2, 0) is 9.53 Å². The lowest BCUT2D eigenvalue weighted by Crippen LogP contribution is -2.20. The Hall–Kier alpha value is -1.77. The van der Waals surface area contributed by atoms with Crippen molar-refractivity contribution in [3.63, 3.8) is 0 Å². The smallest absolute Gasteiger partial charge is 0.313 e. The molecule has 1 unspecified atom stereocenters. The van der Waals surface area contributed by atoms with Gasteiger partial charge in [0.1, 0.15) is 0 Å². The Morgan fingerprint density at radius 3 is 2.72 bits per heavy atom. The van der Waals surface area contributed by atoms with Crippen molar-refractivity contribution in [1.29, 1.82) is 0 Å². The van der Waals surface area contributed by atoms with Crippen LogP contribution in [0.15, 0.2) is 30.5 Å². The highest BCUT2D eigenvalue weighted by Gasteiger charge is 2.27. The molecule has 0 aliphatic heterocycles. The number of esters is 1. The first-order valence-corrected chi connectivity index (χ1v) is 6.37. The van der Waals surface area contributed by atoms with Gasteiger partial charge in [0, 0.05) is 17.1 Å². The molecular weight excluding hydrogens is 226 g/mol. The van der Waals surface area contributed by atoms with E-state index in [0.29, 0.717) is 6.61 Å². The molecule has 1 aromatic heterocycles. The van der Waals surface area contributed by atoms with Gasteiger partial charge in [0.05, 0.1) is 12.5 Å². The van der Waals surface area contributed by atoms with Crippen LogP contribution < -0.4 is 0 Å². The summed E-state index contributed by atoms with van der Waals surface area (Å²) in [6.07, 6.45) is 1.92. The molecule has 0 bridgehead atoms. The van der Waals surface area contributed by atoms with Crippen LogP contribution in [0.1, 0.15) is 32.3 Å². The van der Waals surface area contributed by atoms with E-state index in [-0.39, 0.29) is 17.8 Å². The van der Waals surface area contributed by atoms with E-state index in [0.717, 1.165) is 16.5 Å². The molecule has 2 rings (SSSR count). The third-order valence-electron chi connectivity index (χ3n) is 3.16. The SMILES string of the molecule is CCOC(=O)C(c1c[nH]c2ccccc12)C(C)C. The van der Waals surface area contributed by atoms with E-state index >= 15 is 0 Å². The zero-order valence-corrected chi connectivity index (χ0v) is 11.1. The summed E-state index contributed by atoms with van der Waals surface area (Å²) < 4.78 is 5.19. The number of carbonyl (C=O) groups is 1. The van der Waals surface area contributed by atoms with E-state index < -0.39 is 0 Å². The number of para-hydroxylation sites is 1. The first kappa shape index (κ1) is 12.7. The summed E-state index contributed by atoms with van der Waals surface area (Å²) in [7, 11) is 0. The Labute approximate surface area is 107 Å². The number of ether oxygens (including phenoxy) is 1. The fourth-order valence-corrected chi connectivity index (χ4v) is 2.34. The summed E-state index contributed by atoms with van der Waals surface area (Å²) in [6, 6.07) is 8.02. The minimum absolute atomic E-state index is 0.141. The van der Waals surface area contributed by atoms with E-state index in [9.17, 15) is 4.79 Å². The number of nitrogens with one attached hydrogen (secondary N) is 1. The van der Waals surface area contributed by atoms with Crippen molar-refractivity contribution >= 4 is 16.9 Å². The topological polar surface area (TPSA) is 42.1 Å². The molecule has 18 heavy (non-hydrogen) atoms. The maximum atomic E-state index is 12.1. The molecule has 0 aliphatic carbocycles. The summed E-state index contributed by atoms with van der Waals surface area (Å²) in [6.45, 7) is 6.35. The number of carbonyl (C=O) groups excluding carboxylic acids is 1. The van der Waals surface area contributed by atoms with E-state index in [1.54, 1.807) is 0 Å². The first-order chi connectivity index (χ1) is 8.65. The first-order valence-electron chi connectivity index (χ1n) is 6.37. The van der Waals surface area contributed by atoms with Gasteiger partial charge in [-0.15, -0.1) is 0 Å². The van der Waals surface area contributed by atoms with Gasteiger partial charge in [-0.25, -0.2) is 0 Å². The lowest BCUT2D eigenvalue weighted by molar-refractivity contribution is -0.146. The summed E-state index contributed by atoms with van der Waals surface area (Å²) >= 11 is 0. The number of benzene rings is 1. The van der Waals surface area contributed by atoms with Gasteiger partial charge >= 0.3 is 5.97 Å². The summed E-state index contributed by atoms with van der Waals surface area (Å²) in [5, 5.41) is 1.10. The molecule has 0 amide bonds. The maximum Gasteiger partial charge on any atom is 0.313 e. The molecule has 0 aliphatic rings. The van der Waals surface area contributed by atoms with E-state index in [2.05, 4.69) is 4.98 Å². The Morgan fingerprint density at radius 2 is 2.06 bits per heavy atom. The van der Waals surface area contributed by atoms with Crippen molar-refractivity contribution in [1.82, 2.24) is 4.98 Å². The third kappa shape index (κ3) is 2.26. The lowest BCUT2D eigenvalue weighted by atomic mass is 9.88. The monoisotopic (exact) mass is 245 g/mol. The van der Waals surface area contributed by atoms with Crippen LogP contribution in [0.3, 0.4) is 0 Å². The molecule has 1 N–H and O–H groups in total. The Kier molecular flexibility index (Phi) is 3.70. The average Bonchev–Trinajstić information content (AvgIpc) is 2.74. The van der Waals surface area contributed by atoms with Gasteiger partial charge in [-0.3, -0.25) is 4.79 Å². The van der Waals surface area contributed by atoms with Crippen molar-refractivity contribution in [3.05, 3.63) is 36.0 Å². The molecular formula is C15H19NO2. The number of H-pyrrole nitrogens is 1. The number of aromatic nitrogens is 1. The second-order valence-electron chi connectivity index (χ2n) is 4.76. The van der Waals surface area contributed by atoms with E-state index in [1.807, 2.05) is 51.2 Å². The third-order valence-corrected chi connectivity index (χ3v) is 3.16. The van der Waals surface area contributed by atoms with Gasteiger partial charge in [-0.05, 0) is 24.5 Å². The second-order valence-corrected chi connectivity index (χ2v) is 4.76. The Bertz CT molecular complexity index is 542.